The van der Waals surface area contributed by atoms with Gasteiger partial charge in [0.2, 0.25) is 11.6 Å². The minimum atomic E-state index is -3.82. The number of hydrogen-bond acceptors (Lipinski definition) is 9. The summed E-state index contributed by atoms with van der Waals surface area (Å²) in [5.41, 5.74) is 0.913. The molecule has 3 aromatic carbocycles. The molecule has 11 nitrogen and oxygen atoms in total. The second kappa shape index (κ2) is 12.3. The number of nitrogens with zero attached hydrogens (tertiary/aromatic N) is 2. The van der Waals surface area contributed by atoms with Crippen molar-refractivity contribution in [3.63, 3.8) is 0 Å². The van der Waals surface area contributed by atoms with Gasteiger partial charge in [0.05, 0.1) is 24.7 Å². The van der Waals surface area contributed by atoms with Crippen LogP contribution in [0, 0.1) is 0 Å². The highest BCUT2D eigenvalue weighted by Crippen LogP contribution is 2.41. The molecule has 39 heavy (non-hydrogen) atoms. The SMILES string of the molecule is CCOc1cc(-c2nnc(NC(=O)c3cccc(NS(=O)(=O)c4ccccc4)c3)o2)cc(OCC)c1OCC. The van der Waals surface area contributed by atoms with Gasteiger partial charge < -0.3 is 18.6 Å². The predicted molar refractivity (Wildman–Crippen MR) is 145 cm³/mol. The van der Waals surface area contributed by atoms with Gasteiger partial charge in [-0.3, -0.25) is 14.8 Å². The maximum Gasteiger partial charge on any atom is 0.322 e. The third-order valence-electron chi connectivity index (χ3n) is 5.23. The summed E-state index contributed by atoms with van der Waals surface area (Å²) in [5.74, 6) is 0.945. The van der Waals surface area contributed by atoms with Gasteiger partial charge in [-0.15, -0.1) is 5.10 Å². The van der Waals surface area contributed by atoms with Crippen molar-refractivity contribution in [2.45, 2.75) is 25.7 Å². The summed E-state index contributed by atoms with van der Waals surface area (Å²) in [4.78, 5) is 13.0. The first-order valence-corrected chi connectivity index (χ1v) is 13.7. The van der Waals surface area contributed by atoms with Gasteiger partial charge in [-0.25, -0.2) is 8.42 Å². The lowest BCUT2D eigenvalue weighted by atomic mass is 10.2. The van der Waals surface area contributed by atoms with Gasteiger partial charge >= 0.3 is 6.01 Å². The van der Waals surface area contributed by atoms with E-state index >= 15 is 0 Å². The number of amides is 1. The molecule has 0 saturated heterocycles. The molecule has 4 aromatic rings. The summed E-state index contributed by atoms with van der Waals surface area (Å²) in [6.07, 6.45) is 0. The van der Waals surface area contributed by atoms with Crippen LogP contribution in [0.15, 0.2) is 76.0 Å². The highest BCUT2D eigenvalue weighted by molar-refractivity contribution is 7.92. The molecule has 0 unspecified atom stereocenters. The van der Waals surface area contributed by atoms with Gasteiger partial charge in [0, 0.05) is 16.8 Å². The minimum Gasteiger partial charge on any atom is -0.490 e. The van der Waals surface area contributed by atoms with E-state index in [-0.39, 0.29) is 28.1 Å². The molecule has 0 aliphatic rings. The molecular formula is C27H28N4O7S. The molecule has 0 saturated carbocycles. The molecule has 0 fully saturated rings. The zero-order chi connectivity index (χ0) is 27.8. The maximum atomic E-state index is 12.9. The number of benzene rings is 3. The van der Waals surface area contributed by atoms with Gasteiger partial charge in [-0.05, 0) is 63.2 Å². The molecule has 0 aliphatic carbocycles. The fourth-order valence-corrected chi connectivity index (χ4v) is 4.68. The Balaban J connectivity index is 1.53. The van der Waals surface area contributed by atoms with E-state index in [4.69, 9.17) is 18.6 Å². The molecule has 4 rings (SSSR count). The molecule has 0 atom stereocenters. The van der Waals surface area contributed by atoms with Gasteiger partial charge in [0.25, 0.3) is 15.9 Å². The molecule has 1 heterocycles. The molecule has 0 bridgehead atoms. The fraction of sp³-hybridized carbons (Fsp3) is 0.222. The maximum absolute atomic E-state index is 12.9. The first kappa shape index (κ1) is 27.5. The van der Waals surface area contributed by atoms with E-state index in [1.807, 2.05) is 20.8 Å². The number of hydrogen-bond donors (Lipinski definition) is 2. The Kier molecular flexibility index (Phi) is 8.67. The van der Waals surface area contributed by atoms with Crippen LogP contribution in [0.2, 0.25) is 0 Å². The van der Waals surface area contributed by atoms with E-state index in [0.717, 1.165) is 0 Å². The highest BCUT2D eigenvalue weighted by atomic mass is 32.2. The van der Waals surface area contributed by atoms with Crippen LogP contribution >= 0.6 is 0 Å². The average molecular weight is 553 g/mol. The summed E-state index contributed by atoms with van der Waals surface area (Å²) in [5, 5.41) is 10.5. The number of sulfonamides is 1. The number of rotatable bonds is 12. The molecule has 0 radical (unpaired) electrons. The third kappa shape index (κ3) is 6.65. The van der Waals surface area contributed by atoms with Crippen LogP contribution in [0.4, 0.5) is 11.7 Å². The Morgan fingerprint density at radius 1 is 0.846 bits per heavy atom. The Hall–Kier alpha value is -4.58. The second-order valence-electron chi connectivity index (χ2n) is 7.97. The quantitative estimate of drug-likeness (QED) is 0.249. The molecule has 204 valence electrons. The van der Waals surface area contributed by atoms with Crippen molar-refractivity contribution < 1.29 is 31.8 Å². The number of aromatic nitrogens is 2. The lowest BCUT2D eigenvalue weighted by Crippen LogP contribution is -2.15. The van der Waals surface area contributed by atoms with Crippen molar-refractivity contribution in [3.05, 3.63) is 72.3 Å². The van der Waals surface area contributed by atoms with Crippen LogP contribution in [0.1, 0.15) is 31.1 Å². The zero-order valence-electron chi connectivity index (χ0n) is 21.6. The van der Waals surface area contributed by atoms with Crippen molar-refractivity contribution in [1.29, 1.82) is 0 Å². The van der Waals surface area contributed by atoms with E-state index < -0.39 is 15.9 Å². The third-order valence-corrected chi connectivity index (χ3v) is 6.63. The number of ether oxygens (including phenoxy) is 3. The van der Waals surface area contributed by atoms with Crippen molar-refractivity contribution >= 4 is 27.6 Å². The largest absolute Gasteiger partial charge is 0.490 e. The van der Waals surface area contributed by atoms with Crippen LogP contribution < -0.4 is 24.2 Å². The number of carbonyl (C=O) groups is 1. The normalized spacial score (nSPS) is 11.1. The van der Waals surface area contributed by atoms with Gasteiger partial charge in [0.15, 0.2) is 11.5 Å². The molecule has 0 aliphatic heterocycles. The van der Waals surface area contributed by atoms with E-state index in [0.29, 0.717) is 42.6 Å². The van der Waals surface area contributed by atoms with Gasteiger partial charge in [-0.1, -0.05) is 29.4 Å². The van der Waals surface area contributed by atoms with Crippen molar-refractivity contribution in [2.75, 3.05) is 29.9 Å². The Labute approximate surface area is 226 Å². The van der Waals surface area contributed by atoms with Crippen LogP contribution in [-0.4, -0.2) is 44.3 Å². The first-order chi connectivity index (χ1) is 18.8. The monoisotopic (exact) mass is 552 g/mol. The summed E-state index contributed by atoms with van der Waals surface area (Å²) < 4.78 is 50.6. The summed E-state index contributed by atoms with van der Waals surface area (Å²) in [6, 6.07) is 17.2. The summed E-state index contributed by atoms with van der Waals surface area (Å²) in [7, 11) is -3.82. The van der Waals surface area contributed by atoms with Crippen LogP contribution in [0.5, 0.6) is 17.2 Å². The smallest absolute Gasteiger partial charge is 0.322 e. The fourth-order valence-electron chi connectivity index (χ4n) is 3.61. The highest BCUT2D eigenvalue weighted by Gasteiger charge is 2.20. The Morgan fingerprint density at radius 3 is 2.15 bits per heavy atom. The number of carbonyl (C=O) groups excluding carboxylic acids is 1. The molecule has 1 aromatic heterocycles. The van der Waals surface area contributed by atoms with Crippen LogP contribution in [0.3, 0.4) is 0 Å². The van der Waals surface area contributed by atoms with Crippen LogP contribution in [0.25, 0.3) is 11.5 Å². The van der Waals surface area contributed by atoms with Crippen molar-refractivity contribution in [3.8, 4) is 28.7 Å². The van der Waals surface area contributed by atoms with Gasteiger partial charge in [0.1, 0.15) is 0 Å². The average Bonchev–Trinajstić information content (AvgIpc) is 3.39. The summed E-state index contributed by atoms with van der Waals surface area (Å²) >= 11 is 0. The van der Waals surface area contributed by atoms with Crippen molar-refractivity contribution in [1.82, 2.24) is 10.2 Å². The molecule has 1 amide bonds. The molecular weight excluding hydrogens is 524 g/mol. The topological polar surface area (TPSA) is 142 Å². The standard InChI is InChI=1S/C27H28N4O7S/c1-4-35-22-16-19(17-23(36-5-2)24(22)37-6-3)26-29-30-27(38-26)28-25(32)18-11-10-12-20(15-18)31-39(33,34)21-13-8-7-9-14-21/h7-17,31H,4-6H2,1-3H3,(H,28,30,32). The van der Waals surface area contributed by atoms with Crippen LogP contribution in [-0.2, 0) is 10.0 Å². The molecule has 0 spiro atoms. The van der Waals surface area contributed by atoms with E-state index in [1.54, 1.807) is 42.5 Å². The minimum absolute atomic E-state index is 0.104. The number of nitrogens with one attached hydrogen (secondary N) is 2. The van der Waals surface area contributed by atoms with Crippen molar-refractivity contribution in [2.24, 2.45) is 0 Å². The molecule has 2 N–H and O–H groups in total. The number of anilines is 2. The predicted octanol–water partition coefficient (Wildman–Crippen LogP) is 4.99. The Morgan fingerprint density at radius 2 is 1.51 bits per heavy atom. The Bertz CT molecular complexity index is 1510. The van der Waals surface area contributed by atoms with E-state index in [9.17, 15) is 13.2 Å². The van der Waals surface area contributed by atoms with E-state index in [2.05, 4.69) is 20.2 Å². The second-order valence-corrected chi connectivity index (χ2v) is 9.65. The summed E-state index contributed by atoms with van der Waals surface area (Å²) in [6.45, 7) is 6.79. The van der Waals surface area contributed by atoms with Gasteiger partial charge in [-0.2, -0.15) is 0 Å². The molecule has 12 heteroatoms. The first-order valence-electron chi connectivity index (χ1n) is 12.2. The lowest BCUT2D eigenvalue weighted by Gasteiger charge is -2.16. The lowest BCUT2D eigenvalue weighted by molar-refractivity contribution is 0.102. The van der Waals surface area contributed by atoms with E-state index in [1.165, 1.54) is 24.3 Å². The zero-order valence-corrected chi connectivity index (χ0v) is 22.4.